The molecule has 0 unspecified atom stereocenters. The van der Waals surface area contributed by atoms with Gasteiger partial charge in [-0.05, 0) is 18.2 Å². The minimum Gasteiger partial charge on any atom is -0.348 e. The topological polar surface area (TPSA) is 46.4 Å². The van der Waals surface area contributed by atoms with Gasteiger partial charge in [0.2, 0.25) is 0 Å². The second-order valence-corrected chi connectivity index (χ2v) is 4.35. The Bertz CT molecular complexity index is 766. The average Bonchev–Trinajstić information content (AvgIpc) is 2.94. The maximum absolute atomic E-state index is 13.5. The van der Waals surface area contributed by atoms with Crippen LogP contribution in [0.15, 0.2) is 55.0 Å². The third-order valence-electron chi connectivity index (χ3n) is 3.06. The number of carbonyl (C=O) groups is 1. The molecule has 0 radical (unpaired) electrons. The van der Waals surface area contributed by atoms with E-state index in [9.17, 15) is 9.18 Å². The number of halogens is 1. The van der Waals surface area contributed by atoms with E-state index in [4.69, 9.17) is 0 Å². The van der Waals surface area contributed by atoms with E-state index >= 15 is 0 Å². The minimum atomic E-state index is -0.327. The molecule has 2 aromatic heterocycles. The summed E-state index contributed by atoms with van der Waals surface area (Å²) in [5, 5.41) is 2.71. The van der Waals surface area contributed by atoms with Gasteiger partial charge in [0.1, 0.15) is 11.5 Å². The lowest BCUT2D eigenvalue weighted by molar-refractivity contribution is 0.0951. The first-order valence-corrected chi connectivity index (χ1v) is 6.19. The predicted molar refractivity (Wildman–Crippen MR) is 72.8 cm³/mol. The monoisotopic (exact) mass is 269 g/mol. The Morgan fingerprint density at radius 2 is 2.05 bits per heavy atom. The van der Waals surface area contributed by atoms with Crippen LogP contribution in [-0.2, 0) is 6.54 Å². The van der Waals surface area contributed by atoms with Crippen molar-refractivity contribution in [3.63, 3.8) is 0 Å². The Morgan fingerprint density at radius 3 is 2.90 bits per heavy atom. The van der Waals surface area contributed by atoms with Crippen LogP contribution in [0, 0.1) is 5.82 Å². The third kappa shape index (κ3) is 2.25. The zero-order valence-electron chi connectivity index (χ0n) is 10.6. The van der Waals surface area contributed by atoms with Crippen molar-refractivity contribution in [3.05, 3.63) is 71.9 Å². The molecule has 1 N–H and O–H groups in total. The fourth-order valence-electron chi connectivity index (χ4n) is 2.04. The molecule has 5 heteroatoms. The normalized spacial score (nSPS) is 10.7. The van der Waals surface area contributed by atoms with E-state index in [1.165, 1.54) is 6.07 Å². The lowest BCUT2D eigenvalue weighted by Gasteiger charge is -2.07. The first-order valence-electron chi connectivity index (χ1n) is 6.19. The number of rotatable bonds is 3. The van der Waals surface area contributed by atoms with E-state index in [1.54, 1.807) is 47.1 Å². The molecule has 1 amide bonds. The van der Waals surface area contributed by atoms with Gasteiger partial charge in [-0.25, -0.2) is 9.37 Å². The highest BCUT2D eigenvalue weighted by Gasteiger charge is 2.11. The maximum atomic E-state index is 13.5. The maximum Gasteiger partial charge on any atom is 0.255 e. The van der Waals surface area contributed by atoms with Gasteiger partial charge in [-0.2, -0.15) is 0 Å². The first-order chi connectivity index (χ1) is 9.75. The van der Waals surface area contributed by atoms with Crippen LogP contribution in [0.4, 0.5) is 4.39 Å². The summed E-state index contributed by atoms with van der Waals surface area (Å²) >= 11 is 0. The summed E-state index contributed by atoms with van der Waals surface area (Å²) in [6.45, 7) is 0.146. The van der Waals surface area contributed by atoms with E-state index < -0.39 is 0 Å². The number of carbonyl (C=O) groups excluding carboxylic acids is 1. The van der Waals surface area contributed by atoms with Crippen LogP contribution in [-0.4, -0.2) is 15.3 Å². The summed E-state index contributed by atoms with van der Waals surface area (Å²) in [4.78, 5) is 16.3. The van der Waals surface area contributed by atoms with E-state index in [0.29, 0.717) is 16.8 Å². The van der Waals surface area contributed by atoms with Crippen molar-refractivity contribution in [2.24, 2.45) is 0 Å². The Balaban J connectivity index is 1.80. The Labute approximate surface area is 114 Å². The molecule has 100 valence electrons. The molecule has 0 aliphatic rings. The van der Waals surface area contributed by atoms with Crippen LogP contribution < -0.4 is 5.32 Å². The summed E-state index contributed by atoms with van der Waals surface area (Å²) in [7, 11) is 0. The van der Waals surface area contributed by atoms with Gasteiger partial charge in [-0.3, -0.25) is 4.79 Å². The second kappa shape index (κ2) is 5.13. The molecule has 1 aromatic carbocycles. The Morgan fingerprint density at radius 1 is 1.20 bits per heavy atom. The summed E-state index contributed by atoms with van der Waals surface area (Å²) < 4.78 is 15.2. The van der Waals surface area contributed by atoms with Gasteiger partial charge in [-0.1, -0.05) is 18.2 Å². The minimum absolute atomic E-state index is 0.146. The Kier molecular flexibility index (Phi) is 3.16. The van der Waals surface area contributed by atoms with Gasteiger partial charge in [0.05, 0.1) is 5.56 Å². The molecule has 0 fully saturated rings. The van der Waals surface area contributed by atoms with Gasteiger partial charge < -0.3 is 9.72 Å². The van der Waals surface area contributed by atoms with Gasteiger partial charge >= 0.3 is 0 Å². The molecule has 20 heavy (non-hydrogen) atoms. The van der Waals surface area contributed by atoms with Gasteiger partial charge in [-0.15, -0.1) is 0 Å². The fraction of sp³-hybridized carbons (Fsp3) is 0.0667. The predicted octanol–water partition coefficient (Wildman–Crippen LogP) is 2.40. The number of benzene rings is 1. The summed E-state index contributed by atoms with van der Waals surface area (Å²) in [5.74, 6) is -0.600. The molecule has 0 saturated heterocycles. The highest BCUT2D eigenvalue weighted by molar-refractivity contribution is 5.99. The quantitative estimate of drug-likeness (QED) is 0.793. The van der Waals surface area contributed by atoms with E-state index in [-0.39, 0.29) is 18.3 Å². The van der Waals surface area contributed by atoms with Gasteiger partial charge in [0, 0.05) is 30.7 Å². The first kappa shape index (κ1) is 12.3. The van der Waals surface area contributed by atoms with Crippen LogP contribution in [0.5, 0.6) is 0 Å². The lowest BCUT2D eigenvalue weighted by atomic mass is 10.2. The van der Waals surface area contributed by atoms with Crippen molar-refractivity contribution in [2.45, 2.75) is 6.54 Å². The number of fused-ring (bicyclic) bond motifs is 1. The van der Waals surface area contributed by atoms with Gasteiger partial charge in [0.15, 0.2) is 0 Å². The van der Waals surface area contributed by atoms with Crippen LogP contribution >= 0.6 is 0 Å². The van der Waals surface area contributed by atoms with Crippen LogP contribution in [0.2, 0.25) is 0 Å². The smallest absolute Gasteiger partial charge is 0.255 e. The van der Waals surface area contributed by atoms with Crippen molar-refractivity contribution in [3.8, 4) is 0 Å². The molecule has 2 heterocycles. The largest absolute Gasteiger partial charge is 0.348 e. The molecular weight excluding hydrogens is 257 g/mol. The van der Waals surface area contributed by atoms with Crippen molar-refractivity contribution >= 4 is 11.6 Å². The zero-order chi connectivity index (χ0) is 13.9. The Hall–Kier alpha value is -2.69. The highest BCUT2D eigenvalue weighted by Crippen LogP contribution is 2.10. The van der Waals surface area contributed by atoms with Gasteiger partial charge in [0.25, 0.3) is 5.91 Å². The SMILES string of the molecule is O=C(NCc1ccccc1F)c1cccn2ccnc12. The van der Waals surface area contributed by atoms with E-state index in [2.05, 4.69) is 10.3 Å². The third-order valence-corrected chi connectivity index (χ3v) is 3.06. The number of hydrogen-bond donors (Lipinski definition) is 1. The van der Waals surface area contributed by atoms with Crippen molar-refractivity contribution < 1.29 is 9.18 Å². The van der Waals surface area contributed by atoms with Crippen LogP contribution in [0.3, 0.4) is 0 Å². The van der Waals surface area contributed by atoms with Crippen molar-refractivity contribution in [2.75, 3.05) is 0 Å². The molecule has 0 spiro atoms. The summed E-state index contributed by atoms with van der Waals surface area (Å²) in [6.07, 6.45) is 5.21. The number of pyridine rings is 1. The van der Waals surface area contributed by atoms with Crippen molar-refractivity contribution in [1.82, 2.24) is 14.7 Å². The molecule has 0 saturated carbocycles. The van der Waals surface area contributed by atoms with E-state index in [1.807, 2.05) is 6.20 Å². The highest BCUT2D eigenvalue weighted by atomic mass is 19.1. The standard InChI is InChI=1S/C15H12FN3O/c16-13-6-2-1-4-11(13)10-18-15(20)12-5-3-8-19-9-7-17-14(12)19/h1-9H,10H2,(H,18,20). The number of nitrogens with zero attached hydrogens (tertiary/aromatic N) is 2. The van der Waals surface area contributed by atoms with Crippen molar-refractivity contribution in [1.29, 1.82) is 0 Å². The molecule has 3 rings (SSSR count). The molecule has 0 aliphatic carbocycles. The number of nitrogens with one attached hydrogen (secondary N) is 1. The summed E-state index contributed by atoms with van der Waals surface area (Å²) in [6, 6.07) is 9.83. The number of aromatic nitrogens is 2. The number of hydrogen-bond acceptors (Lipinski definition) is 2. The molecule has 0 bridgehead atoms. The molecule has 4 nitrogen and oxygen atoms in total. The van der Waals surface area contributed by atoms with E-state index in [0.717, 1.165) is 0 Å². The number of amides is 1. The number of imidazole rings is 1. The van der Waals surface area contributed by atoms with Crippen LogP contribution in [0.1, 0.15) is 15.9 Å². The summed E-state index contributed by atoms with van der Waals surface area (Å²) in [5.41, 5.74) is 1.50. The average molecular weight is 269 g/mol. The molecule has 3 aromatic rings. The lowest BCUT2D eigenvalue weighted by Crippen LogP contribution is -2.24. The molecular formula is C15H12FN3O. The molecule has 0 aliphatic heterocycles. The zero-order valence-corrected chi connectivity index (χ0v) is 10.6. The molecule has 0 atom stereocenters. The van der Waals surface area contributed by atoms with Crippen LogP contribution in [0.25, 0.3) is 5.65 Å². The second-order valence-electron chi connectivity index (χ2n) is 4.35. The fourth-order valence-corrected chi connectivity index (χ4v) is 2.04.